The van der Waals surface area contributed by atoms with Crippen LogP contribution in [0.4, 0.5) is 5.69 Å². The summed E-state index contributed by atoms with van der Waals surface area (Å²) in [6, 6.07) is 3.71. The fourth-order valence-electron chi connectivity index (χ4n) is 1.96. The Labute approximate surface area is 125 Å². The maximum Gasteiger partial charge on any atom is 0.145 e. The van der Waals surface area contributed by atoms with Gasteiger partial charge in [-0.15, -0.1) is 0 Å². The molecule has 0 fully saturated rings. The number of hydrogen-bond acceptors (Lipinski definition) is 5. The molecule has 6 heteroatoms. The summed E-state index contributed by atoms with van der Waals surface area (Å²) in [5.41, 5.74) is 6.37. The molecule has 1 rings (SSSR count). The molecule has 1 aromatic carbocycles. The first-order chi connectivity index (χ1) is 9.65. The van der Waals surface area contributed by atoms with Crippen molar-refractivity contribution < 1.29 is 14.2 Å². The van der Waals surface area contributed by atoms with Crippen LogP contribution in [0.5, 0.6) is 11.5 Å². The van der Waals surface area contributed by atoms with E-state index in [2.05, 4.69) is 5.32 Å². The molecule has 0 heterocycles. The summed E-state index contributed by atoms with van der Waals surface area (Å²) in [4.78, 5) is 0. The SMILES string of the molecule is COCC(CCCN)Nc1cc(Cl)c(OC)cc1OC. The van der Waals surface area contributed by atoms with Crippen molar-refractivity contribution in [3.8, 4) is 11.5 Å². The van der Waals surface area contributed by atoms with Crippen molar-refractivity contribution in [2.75, 3.05) is 39.8 Å². The maximum absolute atomic E-state index is 6.15. The molecule has 0 bridgehead atoms. The molecule has 5 nitrogen and oxygen atoms in total. The number of benzene rings is 1. The van der Waals surface area contributed by atoms with Gasteiger partial charge in [-0.25, -0.2) is 0 Å². The van der Waals surface area contributed by atoms with Crippen LogP contribution in [-0.4, -0.2) is 40.5 Å². The predicted octanol–water partition coefficient (Wildman–Crippen LogP) is 2.52. The second-order valence-corrected chi connectivity index (χ2v) is 4.82. The predicted molar refractivity (Wildman–Crippen MR) is 82.1 cm³/mol. The van der Waals surface area contributed by atoms with Crippen LogP contribution in [0.1, 0.15) is 12.8 Å². The second-order valence-electron chi connectivity index (χ2n) is 4.41. The van der Waals surface area contributed by atoms with Crippen LogP contribution in [0.2, 0.25) is 5.02 Å². The van der Waals surface area contributed by atoms with Gasteiger partial charge in [0.25, 0.3) is 0 Å². The lowest BCUT2D eigenvalue weighted by Gasteiger charge is -2.21. The second kappa shape index (κ2) is 8.89. The Kier molecular flexibility index (Phi) is 7.51. The molecule has 0 amide bonds. The lowest BCUT2D eigenvalue weighted by Crippen LogP contribution is -2.26. The average molecular weight is 303 g/mol. The van der Waals surface area contributed by atoms with Gasteiger partial charge in [0, 0.05) is 19.2 Å². The molecule has 1 atom stereocenters. The molecule has 0 aliphatic carbocycles. The van der Waals surface area contributed by atoms with E-state index in [1.54, 1.807) is 33.5 Å². The van der Waals surface area contributed by atoms with Crippen molar-refractivity contribution in [1.29, 1.82) is 0 Å². The zero-order chi connectivity index (χ0) is 15.0. The highest BCUT2D eigenvalue weighted by Crippen LogP contribution is 2.36. The highest BCUT2D eigenvalue weighted by molar-refractivity contribution is 6.32. The van der Waals surface area contributed by atoms with Crippen LogP contribution in [0.25, 0.3) is 0 Å². The summed E-state index contributed by atoms with van der Waals surface area (Å²) in [5.74, 6) is 1.26. The molecule has 0 radical (unpaired) electrons. The van der Waals surface area contributed by atoms with E-state index in [-0.39, 0.29) is 6.04 Å². The van der Waals surface area contributed by atoms with Gasteiger partial charge < -0.3 is 25.3 Å². The molecule has 0 aliphatic rings. The Morgan fingerprint density at radius 3 is 2.45 bits per heavy atom. The summed E-state index contributed by atoms with van der Waals surface area (Å²) in [6.45, 7) is 1.25. The van der Waals surface area contributed by atoms with Gasteiger partial charge in [-0.1, -0.05) is 11.6 Å². The monoisotopic (exact) mass is 302 g/mol. The Morgan fingerprint density at radius 2 is 1.90 bits per heavy atom. The van der Waals surface area contributed by atoms with Crippen molar-refractivity contribution in [2.45, 2.75) is 18.9 Å². The third-order valence-electron chi connectivity index (χ3n) is 2.96. The van der Waals surface area contributed by atoms with Crippen LogP contribution in [-0.2, 0) is 4.74 Å². The van der Waals surface area contributed by atoms with E-state index in [0.717, 1.165) is 18.5 Å². The van der Waals surface area contributed by atoms with E-state index < -0.39 is 0 Å². The maximum atomic E-state index is 6.15. The Balaban J connectivity index is 2.89. The van der Waals surface area contributed by atoms with Crippen LogP contribution in [0.15, 0.2) is 12.1 Å². The van der Waals surface area contributed by atoms with E-state index in [0.29, 0.717) is 29.7 Å². The molecule has 114 valence electrons. The molecule has 0 spiro atoms. The molecule has 0 aromatic heterocycles. The number of halogens is 1. The van der Waals surface area contributed by atoms with E-state index >= 15 is 0 Å². The minimum absolute atomic E-state index is 0.155. The number of methoxy groups -OCH3 is 3. The fourth-order valence-corrected chi connectivity index (χ4v) is 2.20. The van der Waals surface area contributed by atoms with Gasteiger partial charge in [-0.3, -0.25) is 0 Å². The first-order valence-corrected chi connectivity index (χ1v) is 6.91. The largest absolute Gasteiger partial charge is 0.495 e. The number of rotatable bonds is 9. The third kappa shape index (κ3) is 4.74. The standard InChI is InChI=1S/C14H23ClN2O3/c1-18-9-10(5-4-6-16)17-12-7-11(15)13(19-2)8-14(12)20-3/h7-8,10,17H,4-6,9,16H2,1-3H3. The molecule has 1 unspecified atom stereocenters. The first kappa shape index (κ1) is 16.9. The average Bonchev–Trinajstić information content (AvgIpc) is 2.45. The number of ether oxygens (including phenoxy) is 3. The van der Waals surface area contributed by atoms with Gasteiger partial charge in [0.15, 0.2) is 0 Å². The molecular formula is C14H23ClN2O3. The fraction of sp³-hybridized carbons (Fsp3) is 0.571. The van der Waals surface area contributed by atoms with Crippen LogP contribution in [0, 0.1) is 0 Å². The number of nitrogens with two attached hydrogens (primary N) is 1. The summed E-state index contributed by atoms with van der Waals surface area (Å²) >= 11 is 6.15. The number of anilines is 1. The molecule has 0 aliphatic heterocycles. The molecule has 0 saturated heterocycles. The van der Waals surface area contributed by atoms with E-state index in [4.69, 9.17) is 31.5 Å². The van der Waals surface area contributed by atoms with Crippen molar-refractivity contribution in [3.63, 3.8) is 0 Å². The van der Waals surface area contributed by atoms with E-state index in [9.17, 15) is 0 Å². The Morgan fingerprint density at radius 1 is 1.20 bits per heavy atom. The Bertz CT molecular complexity index is 416. The van der Waals surface area contributed by atoms with Gasteiger partial charge in [0.2, 0.25) is 0 Å². The highest BCUT2D eigenvalue weighted by atomic mass is 35.5. The molecule has 1 aromatic rings. The summed E-state index contributed by atoms with van der Waals surface area (Å²) in [7, 11) is 4.86. The number of nitrogens with one attached hydrogen (secondary N) is 1. The molecule has 20 heavy (non-hydrogen) atoms. The molecule has 3 N–H and O–H groups in total. The van der Waals surface area contributed by atoms with Crippen LogP contribution in [0.3, 0.4) is 0 Å². The van der Waals surface area contributed by atoms with Crippen LogP contribution < -0.4 is 20.5 Å². The van der Waals surface area contributed by atoms with E-state index in [1.165, 1.54) is 0 Å². The third-order valence-corrected chi connectivity index (χ3v) is 3.25. The van der Waals surface area contributed by atoms with Crippen molar-refractivity contribution in [1.82, 2.24) is 0 Å². The zero-order valence-corrected chi connectivity index (χ0v) is 13.0. The smallest absolute Gasteiger partial charge is 0.145 e. The van der Waals surface area contributed by atoms with Gasteiger partial charge in [0.05, 0.1) is 31.5 Å². The lowest BCUT2D eigenvalue weighted by atomic mass is 10.1. The summed E-state index contributed by atoms with van der Waals surface area (Å²) in [5, 5.41) is 3.91. The quantitative estimate of drug-likeness (QED) is 0.734. The molecule has 0 saturated carbocycles. The first-order valence-electron chi connectivity index (χ1n) is 6.53. The van der Waals surface area contributed by atoms with Gasteiger partial charge in [-0.05, 0) is 25.5 Å². The van der Waals surface area contributed by atoms with Gasteiger partial charge in [0.1, 0.15) is 11.5 Å². The lowest BCUT2D eigenvalue weighted by molar-refractivity contribution is 0.182. The minimum Gasteiger partial charge on any atom is -0.495 e. The minimum atomic E-state index is 0.155. The summed E-state index contributed by atoms with van der Waals surface area (Å²) in [6.07, 6.45) is 1.84. The van der Waals surface area contributed by atoms with Gasteiger partial charge in [-0.2, -0.15) is 0 Å². The topological polar surface area (TPSA) is 65.7 Å². The Hall–Kier alpha value is -1.17. The van der Waals surface area contributed by atoms with Crippen molar-refractivity contribution >= 4 is 17.3 Å². The van der Waals surface area contributed by atoms with Crippen molar-refractivity contribution in [2.24, 2.45) is 5.73 Å². The number of hydrogen-bond donors (Lipinski definition) is 2. The normalized spacial score (nSPS) is 12.1. The zero-order valence-electron chi connectivity index (χ0n) is 12.2. The molecular weight excluding hydrogens is 280 g/mol. The van der Waals surface area contributed by atoms with Crippen LogP contribution >= 0.6 is 11.6 Å². The van der Waals surface area contributed by atoms with Gasteiger partial charge >= 0.3 is 0 Å². The summed E-state index contributed by atoms with van der Waals surface area (Å²) < 4.78 is 15.8. The highest BCUT2D eigenvalue weighted by Gasteiger charge is 2.14. The van der Waals surface area contributed by atoms with Crippen molar-refractivity contribution in [3.05, 3.63) is 17.2 Å². The van der Waals surface area contributed by atoms with E-state index in [1.807, 2.05) is 0 Å².